The van der Waals surface area contributed by atoms with Crippen molar-refractivity contribution in [2.75, 3.05) is 19.2 Å². The molecule has 138 valence electrons. The number of aromatic nitrogens is 1. The van der Waals surface area contributed by atoms with Crippen molar-refractivity contribution in [3.05, 3.63) is 59.5 Å². The fraction of sp³-hybridized carbons (Fsp3) is 0.238. The van der Waals surface area contributed by atoms with E-state index in [0.29, 0.717) is 0 Å². The van der Waals surface area contributed by atoms with E-state index in [9.17, 15) is 0 Å². The molecule has 4 rings (SSSR count). The third-order valence-electron chi connectivity index (χ3n) is 4.62. The Labute approximate surface area is 162 Å². The van der Waals surface area contributed by atoms with E-state index in [1.54, 1.807) is 25.6 Å². The SMILES string of the molecule is COc1ccc(C2CC(C)=NN2c2nc(-c3ccccc3)cs2)c(OC)c1. The number of anilines is 1. The van der Waals surface area contributed by atoms with Crippen molar-refractivity contribution < 1.29 is 9.47 Å². The number of thiazole rings is 1. The number of ether oxygens (including phenoxy) is 2. The normalized spacial score (nSPS) is 16.3. The fourth-order valence-electron chi connectivity index (χ4n) is 3.28. The van der Waals surface area contributed by atoms with E-state index in [4.69, 9.17) is 19.6 Å². The molecule has 0 spiro atoms. The highest BCUT2D eigenvalue weighted by atomic mass is 32.1. The number of hydrogen-bond acceptors (Lipinski definition) is 6. The minimum Gasteiger partial charge on any atom is -0.497 e. The summed E-state index contributed by atoms with van der Waals surface area (Å²) in [5.41, 5.74) is 4.24. The van der Waals surface area contributed by atoms with Crippen LogP contribution in [-0.2, 0) is 0 Å². The van der Waals surface area contributed by atoms with Gasteiger partial charge in [0, 0.05) is 34.7 Å². The van der Waals surface area contributed by atoms with Gasteiger partial charge in [0.1, 0.15) is 11.5 Å². The summed E-state index contributed by atoms with van der Waals surface area (Å²) in [5.74, 6) is 1.58. The molecule has 27 heavy (non-hydrogen) atoms. The molecule has 6 heteroatoms. The van der Waals surface area contributed by atoms with Crippen LogP contribution in [0.25, 0.3) is 11.3 Å². The molecule has 0 N–H and O–H groups in total. The summed E-state index contributed by atoms with van der Waals surface area (Å²) < 4.78 is 10.9. The maximum absolute atomic E-state index is 5.62. The first-order chi connectivity index (χ1) is 13.2. The second-order valence-corrected chi connectivity index (χ2v) is 7.23. The van der Waals surface area contributed by atoms with Gasteiger partial charge in [0.25, 0.3) is 0 Å². The summed E-state index contributed by atoms with van der Waals surface area (Å²) in [5, 5.41) is 9.73. The molecule has 1 aromatic heterocycles. The molecule has 1 aliphatic heterocycles. The van der Waals surface area contributed by atoms with E-state index < -0.39 is 0 Å². The monoisotopic (exact) mass is 379 g/mol. The Balaban J connectivity index is 1.69. The number of rotatable bonds is 5. The number of hydrogen-bond donors (Lipinski definition) is 0. The third-order valence-corrected chi connectivity index (χ3v) is 5.45. The van der Waals surface area contributed by atoms with Crippen molar-refractivity contribution >= 4 is 22.2 Å². The maximum Gasteiger partial charge on any atom is 0.207 e. The van der Waals surface area contributed by atoms with Crippen LogP contribution in [0.1, 0.15) is 24.9 Å². The van der Waals surface area contributed by atoms with Crippen molar-refractivity contribution in [2.45, 2.75) is 19.4 Å². The second kappa shape index (κ2) is 7.40. The number of nitrogens with zero attached hydrogens (tertiary/aromatic N) is 3. The Hall–Kier alpha value is -2.86. The highest BCUT2D eigenvalue weighted by molar-refractivity contribution is 7.14. The van der Waals surface area contributed by atoms with Crippen LogP contribution < -0.4 is 14.5 Å². The summed E-state index contributed by atoms with van der Waals surface area (Å²) >= 11 is 1.61. The Kier molecular flexibility index (Phi) is 4.81. The lowest BCUT2D eigenvalue weighted by Crippen LogP contribution is -2.19. The lowest BCUT2D eigenvalue weighted by atomic mass is 10.0. The Morgan fingerprint density at radius 1 is 1.07 bits per heavy atom. The zero-order chi connectivity index (χ0) is 18.8. The van der Waals surface area contributed by atoms with Gasteiger partial charge < -0.3 is 9.47 Å². The van der Waals surface area contributed by atoms with Gasteiger partial charge in [0.05, 0.1) is 26.0 Å². The minimum atomic E-state index is 0.0561. The Morgan fingerprint density at radius 2 is 1.89 bits per heavy atom. The molecule has 0 saturated carbocycles. The van der Waals surface area contributed by atoms with Crippen LogP contribution in [0, 0.1) is 0 Å². The van der Waals surface area contributed by atoms with E-state index in [0.717, 1.165) is 45.6 Å². The first kappa shape index (κ1) is 17.5. The summed E-state index contributed by atoms with van der Waals surface area (Å²) in [6.07, 6.45) is 0.836. The molecular weight excluding hydrogens is 358 g/mol. The standard InChI is InChI=1S/C21H21N3O2S/c1-14-11-19(17-10-9-16(25-2)12-20(17)26-3)24(23-14)21-22-18(13-27-21)15-7-5-4-6-8-15/h4-10,12-13,19H,11H2,1-3H3. The van der Waals surface area contributed by atoms with Crippen LogP contribution in [0.2, 0.25) is 0 Å². The maximum atomic E-state index is 5.62. The molecule has 0 radical (unpaired) electrons. The first-order valence-corrected chi connectivity index (χ1v) is 9.63. The molecule has 5 nitrogen and oxygen atoms in total. The second-order valence-electron chi connectivity index (χ2n) is 6.39. The van der Waals surface area contributed by atoms with Crippen molar-refractivity contribution in [1.29, 1.82) is 0 Å². The van der Waals surface area contributed by atoms with Gasteiger partial charge >= 0.3 is 0 Å². The molecule has 1 unspecified atom stereocenters. The fourth-order valence-corrected chi connectivity index (χ4v) is 4.12. The molecule has 1 aliphatic rings. The van der Waals surface area contributed by atoms with Gasteiger partial charge in [0.2, 0.25) is 5.13 Å². The van der Waals surface area contributed by atoms with Crippen LogP contribution in [-0.4, -0.2) is 24.9 Å². The number of methoxy groups -OCH3 is 2. The molecule has 0 fully saturated rings. The Bertz CT molecular complexity index is 969. The summed E-state index contributed by atoms with van der Waals surface area (Å²) in [6.45, 7) is 2.05. The van der Waals surface area contributed by atoms with E-state index in [-0.39, 0.29) is 6.04 Å². The lowest BCUT2D eigenvalue weighted by molar-refractivity contribution is 0.388. The number of hydrazone groups is 1. The van der Waals surface area contributed by atoms with E-state index in [2.05, 4.69) is 30.5 Å². The van der Waals surface area contributed by atoms with Crippen LogP contribution in [0.3, 0.4) is 0 Å². The first-order valence-electron chi connectivity index (χ1n) is 8.76. The van der Waals surface area contributed by atoms with Gasteiger partial charge in [-0.25, -0.2) is 9.99 Å². The summed E-state index contributed by atoms with van der Waals surface area (Å²) in [6, 6.07) is 16.2. The van der Waals surface area contributed by atoms with Crippen molar-refractivity contribution in [3.63, 3.8) is 0 Å². The molecule has 2 heterocycles. The van der Waals surface area contributed by atoms with Crippen LogP contribution in [0.5, 0.6) is 11.5 Å². The molecule has 0 aliphatic carbocycles. The van der Waals surface area contributed by atoms with Gasteiger partial charge in [-0.1, -0.05) is 30.3 Å². The highest BCUT2D eigenvalue weighted by Gasteiger charge is 2.31. The van der Waals surface area contributed by atoms with Gasteiger partial charge in [-0.05, 0) is 19.1 Å². The van der Waals surface area contributed by atoms with Gasteiger partial charge in [-0.2, -0.15) is 5.10 Å². The highest BCUT2D eigenvalue weighted by Crippen LogP contribution is 2.42. The zero-order valence-electron chi connectivity index (χ0n) is 15.5. The molecule has 0 saturated heterocycles. The van der Waals surface area contributed by atoms with E-state index in [1.807, 2.05) is 35.3 Å². The van der Waals surface area contributed by atoms with E-state index in [1.165, 1.54) is 0 Å². The van der Waals surface area contributed by atoms with Crippen LogP contribution in [0.4, 0.5) is 5.13 Å². The smallest absolute Gasteiger partial charge is 0.207 e. The van der Waals surface area contributed by atoms with Crippen LogP contribution >= 0.6 is 11.3 Å². The average molecular weight is 379 g/mol. The molecule has 0 amide bonds. The van der Waals surface area contributed by atoms with Gasteiger partial charge in [-0.3, -0.25) is 0 Å². The zero-order valence-corrected chi connectivity index (χ0v) is 16.4. The van der Waals surface area contributed by atoms with E-state index >= 15 is 0 Å². The lowest BCUT2D eigenvalue weighted by Gasteiger charge is -2.23. The third kappa shape index (κ3) is 3.40. The molecule has 0 bridgehead atoms. The average Bonchev–Trinajstić information content (AvgIpc) is 3.35. The van der Waals surface area contributed by atoms with Gasteiger partial charge in [-0.15, -0.1) is 11.3 Å². The largest absolute Gasteiger partial charge is 0.497 e. The molecule has 1 atom stereocenters. The Morgan fingerprint density at radius 3 is 2.63 bits per heavy atom. The molecule has 2 aromatic carbocycles. The minimum absolute atomic E-state index is 0.0561. The predicted octanol–water partition coefficient (Wildman–Crippen LogP) is 5.15. The summed E-state index contributed by atoms with van der Waals surface area (Å²) in [7, 11) is 3.34. The molecular formula is C21H21N3O2S. The van der Waals surface area contributed by atoms with Crippen molar-refractivity contribution in [2.24, 2.45) is 5.10 Å². The molecule has 3 aromatic rings. The number of benzene rings is 2. The summed E-state index contributed by atoms with van der Waals surface area (Å²) in [4.78, 5) is 4.83. The van der Waals surface area contributed by atoms with Crippen molar-refractivity contribution in [3.8, 4) is 22.8 Å². The topological polar surface area (TPSA) is 47.0 Å². The van der Waals surface area contributed by atoms with Crippen molar-refractivity contribution in [1.82, 2.24) is 4.98 Å². The van der Waals surface area contributed by atoms with Crippen LogP contribution in [0.15, 0.2) is 59.0 Å². The van der Waals surface area contributed by atoms with Gasteiger partial charge in [0.15, 0.2) is 0 Å². The predicted molar refractivity (Wildman–Crippen MR) is 110 cm³/mol. The quantitative estimate of drug-likeness (QED) is 0.615.